The Balaban J connectivity index is 2.24. The molecule has 3 atom stereocenters. The second kappa shape index (κ2) is 3.70. The summed E-state index contributed by atoms with van der Waals surface area (Å²) >= 11 is 0. The van der Waals surface area contributed by atoms with E-state index in [1.807, 2.05) is 13.8 Å². The molecule has 1 saturated heterocycles. The van der Waals surface area contributed by atoms with E-state index in [2.05, 4.69) is 6.07 Å². The Morgan fingerprint density at radius 2 is 2.55 bits per heavy atom. The first-order valence-corrected chi connectivity index (χ1v) is 3.94. The van der Waals surface area contributed by atoms with Crippen LogP contribution in [0.25, 0.3) is 0 Å². The molecule has 0 amide bonds. The minimum Gasteiger partial charge on any atom is -0.373 e. The molecule has 0 N–H and O–H groups in total. The van der Waals surface area contributed by atoms with Crippen molar-refractivity contribution in [2.45, 2.75) is 38.6 Å². The third kappa shape index (κ3) is 1.92. The summed E-state index contributed by atoms with van der Waals surface area (Å²) in [6.07, 6.45) is 0.794. The molecule has 62 valence electrons. The average Bonchev–Trinajstić information content (AvgIpc) is 2.04. The molecule has 0 aromatic rings. The topological polar surface area (TPSA) is 42.2 Å². The van der Waals surface area contributed by atoms with Gasteiger partial charge in [-0.2, -0.15) is 5.26 Å². The van der Waals surface area contributed by atoms with Crippen molar-refractivity contribution in [3.8, 4) is 6.07 Å². The normalized spacial score (nSPS) is 32.1. The standard InChI is InChI=1S/C8H13NO2/c1-3-7(4-9)11-8-5-10-6(8)2/h6-8H,3,5H2,1-2H3. The van der Waals surface area contributed by atoms with E-state index in [4.69, 9.17) is 14.7 Å². The maximum Gasteiger partial charge on any atom is 0.144 e. The number of hydrogen-bond acceptors (Lipinski definition) is 3. The quantitative estimate of drug-likeness (QED) is 0.612. The number of hydrogen-bond donors (Lipinski definition) is 0. The van der Waals surface area contributed by atoms with Gasteiger partial charge in [0, 0.05) is 0 Å². The Morgan fingerprint density at radius 1 is 1.82 bits per heavy atom. The molecule has 0 aromatic carbocycles. The van der Waals surface area contributed by atoms with Crippen molar-refractivity contribution in [3.05, 3.63) is 0 Å². The van der Waals surface area contributed by atoms with Crippen molar-refractivity contribution in [1.82, 2.24) is 0 Å². The second-order valence-electron chi connectivity index (χ2n) is 2.74. The molecule has 1 rings (SSSR count). The highest BCUT2D eigenvalue weighted by atomic mass is 16.6. The molecule has 0 aliphatic carbocycles. The summed E-state index contributed by atoms with van der Waals surface area (Å²) in [5.74, 6) is 0. The fraction of sp³-hybridized carbons (Fsp3) is 0.875. The van der Waals surface area contributed by atoms with Crippen LogP contribution >= 0.6 is 0 Å². The highest BCUT2D eigenvalue weighted by molar-refractivity contribution is 4.86. The molecule has 3 nitrogen and oxygen atoms in total. The monoisotopic (exact) mass is 155 g/mol. The summed E-state index contributed by atoms with van der Waals surface area (Å²) in [4.78, 5) is 0. The number of ether oxygens (including phenoxy) is 2. The predicted octanol–water partition coefficient (Wildman–Crippen LogP) is 1.09. The van der Waals surface area contributed by atoms with Crippen LogP contribution in [0.15, 0.2) is 0 Å². The van der Waals surface area contributed by atoms with Crippen molar-refractivity contribution < 1.29 is 9.47 Å². The molecular weight excluding hydrogens is 142 g/mol. The maximum absolute atomic E-state index is 8.56. The summed E-state index contributed by atoms with van der Waals surface area (Å²) in [5, 5.41) is 8.56. The van der Waals surface area contributed by atoms with Gasteiger partial charge in [-0.15, -0.1) is 0 Å². The molecule has 0 radical (unpaired) electrons. The predicted molar refractivity (Wildman–Crippen MR) is 40.0 cm³/mol. The van der Waals surface area contributed by atoms with Gasteiger partial charge in [-0.25, -0.2) is 0 Å². The molecule has 11 heavy (non-hydrogen) atoms. The minimum atomic E-state index is -0.258. The molecule has 0 saturated carbocycles. The van der Waals surface area contributed by atoms with E-state index in [1.54, 1.807) is 0 Å². The van der Waals surface area contributed by atoms with Crippen molar-refractivity contribution in [1.29, 1.82) is 5.26 Å². The highest BCUT2D eigenvalue weighted by Crippen LogP contribution is 2.17. The van der Waals surface area contributed by atoms with Gasteiger partial charge in [-0.1, -0.05) is 6.92 Å². The van der Waals surface area contributed by atoms with E-state index in [1.165, 1.54) is 0 Å². The maximum atomic E-state index is 8.56. The molecule has 3 unspecified atom stereocenters. The Kier molecular flexibility index (Phi) is 2.86. The Hall–Kier alpha value is -0.590. The lowest BCUT2D eigenvalue weighted by atomic mass is 10.1. The van der Waals surface area contributed by atoms with E-state index in [9.17, 15) is 0 Å². The van der Waals surface area contributed by atoms with Crippen molar-refractivity contribution in [2.75, 3.05) is 6.61 Å². The molecule has 3 heteroatoms. The third-order valence-electron chi connectivity index (χ3n) is 1.90. The number of nitriles is 1. The zero-order valence-corrected chi connectivity index (χ0v) is 6.91. The second-order valence-corrected chi connectivity index (χ2v) is 2.74. The first-order valence-electron chi connectivity index (χ1n) is 3.94. The van der Waals surface area contributed by atoms with Gasteiger partial charge < -0.3 is 9.47 Å². The molecule has 1 aliphatic heterocycles. The van der Waals surface area contributed by atoms with E-state index in [-0.39, 0.29) is 18.3 Å². The van der Waals surface area contributed by atoms with Crippen LogP contribution in [-0.2, 0) is 9.47 Å². The number of rotatable bonds is 3. The average molecular weight is 155 g/mol. The van der Waals surface area contributed by atoms with Crippen molar-refractivity contribution in [2.24, 2.45) is 0 Å². The van der Waals surface area contributed by atoms with Crippen LogP contribution in [0.3, 0.4) is 0 Å². The van der Waals surface area contributed by atoms with Gasteiger partial charge in [0.05, 0.1) is 18.8 Å². The Bertz CT molecular complexity index is 164. The van der Waals surface area contributed by atoms with Crippen LogP contribution < -0.4 is 0 Å². The van der Waals surface area contributed by atoms with Crippen LogP contribution in [0.5, 0.6) is 0 Å². The van der Waals surface area contributed by atoms with Gasteiger partial charge in [0.15, 0.2) is 0 Å². The van der Waals surface area contributed by atoms with Crippen molar-refractivity contribution in [3.63, 3.8) is 0 Å². The lowest BCUT2D eigenvalue weighted by molar-refractivity contribution is -0.190. The van der Waals surface area contributed by atoms with Crippen molar-refractivity contribution >= 4 is 0 Å². The minimum absolute atomic E-state index is 0.139. The van der Waals surface area contributed by atoms with Crippen LogP contribution in [0.4, 0.5) is 0 Å². The lowest BCUT2D eigenvalue weighted by Gasteiger charge is -2.34. The third-order valence-corrected chi connectivity index (χ3v) is 1.90. The van der Waals surface area contributed by atoms with Gasteiger partial charge in [0.25, 0.3) is 0 Å². The smallest absolute Gasteiger partial charge is 0.144 e. The fourth-order valence-corrected chi connectivity index (χ4v) is 0.946. The van der Waals surface area contributed by atoms with E-state index in [0.29, 0.717) is 6.61 Å². The van der Waals surface area contributed by atoms with Gasteiger partial charge in [-0.3, -0.25) is 0 Å². The molecular formula is C8H13NO2. The molecule has 0 bridgehead atoms. The summed E-state index contributed by atoms with van der Waals surface area (Å²) in [7, 11) is 0. The summed E-state index contributed by atoms with van der Waals surface area (Å²) in [5.41, 5.74) is 0. The van der Waals surface area contributed by atoms with Crippen LogP contribution in [0.2, 0.25) is 0 Å². The first-order chi connectivity index (χ1) is 5.27. The largest absolute Gasteiger partial charge is 0.373 e. The Morgan fingerprint density at radius 3 is 2.82 bits per heavy atom. The van der Waals surface area contributed by atoms with E-state index < -0.39 is 0 Å². The molecule has 1 fully saturated rings. The van der Waals surface area contributed by atoms with Gasteiger partial charge in [-0.05, 0) is 13.3 Å². The molecule has 0 aromatic heterocycles. The zero-order valence-electron chi connectivity index (χ0n) is 6.91. The zero-order chi connectivity index (χ0) is 8.27. The highest BCUT2D eigenvalue weighted by Gasteiger charge is 2.30. The summed E-state index contributed by atoms with van der Waals surface area (Å²) in [6.45, 7) is 4.54. The van der Waals surface area contributed by atoms with Gasteiger partial charge in [0.2, 0.25) is 0 Å². The SMILES string of the molecule is CCC(C#N)OC1COC1C. The Labute approximate surface area is 66.9 Å². The fourth-order valence-electron chi connectivity index (χ4n) is 0.946. The van der Waals surface area contributed by atoms with Gasteiger partial charge in [0.1, 0.15) is 12.2 Å². The lowest BCUT2D eigenvalue weighted by Crippen LogP contribution is -2.46. The number of nitrogens with zero attached hydrogens (tertiary/aromatic N) is 1. The van der Waals surface area contributed by atoms with E-state index >= 15 is 0 Å². The van der Waals surface area contributed by atoms with E-state index in [0.717, 1.165) is 6.42 Å². The molecule has 0 spiro atoms. The first kappa shape index (κ1) is 8.51. The summed E-state index contributed by atoms with van der Waals surface area (Å²) < 4.78 is 10.5. The van der Waals surface area contributed by atoms with Gasteiger partial charge >= 0.3 is 0 Å². The van der Waals surface area contributed by atoms with Crippen LogP contribution in [0.1, 0.15) is 20.3 Å². The van der Waals surface area contributed by atoms with Crippen LogP contribution in [-0.4, -0.2) is 24.9 Å². The summed E-state index contributed by atoms with van der Waals surface area (Å²) in [6, 6.07) is 2.09. The molecule has 1 heterocycles. The molecule has 1 aliphatic rings. The van der Waals surface area contributed by atoms with Crippen LogP contribution in [0, 0.1) is 11.3 Å².